The van der Waals surface area contributed by atoms with Crippen molar-refractivity contribution >= 4 is 39.6 Å². The van der Waals surface area contributed by atoms with Crippen LogP contribution in [0.15, 0.2) is 49.1 Å². The van der Waals surface area contributed by atoms with Crippen LogP contribution < -0.4 is 5.32 Å². The monoisotopic (exact) mass is 377 g/mol. The molecule has 1 amide bonds. The summed E-state index contributed by atoms with van der Waals surface area (Å²) in [6, 6.07) is 9.06. The van der Waals surface area contributed by atoms with Gasteiger partial charge >= 0.3 is 0 Å². The number of hydrogen-bond acceptors (Lipinski definition) is 3. The second kappa shape index (κ2) is 4.89. The molecule has 0 atom stereocenters. The Labute approximate surface area is 159 Å². The standard InChI is InChI=1S/C20H16ClN5O/c21-13-3-1-12(2-4-13)18(27)25-19-8-20(9-19,10-19)26-11-24-15-7-23-17-14(16(15)26)5-6-22-17/h1-7,11H,8-10H2,(H,22,23)(H,25,27). The Morgan fingerprint density at radius 3 is 2.70 bits per heavy atom. The Bertz CT molecular complexity index is 1200. The number of hydrogen-bond donors (Lipinski definition) is 2. The Kier molecular flexibility index (Phi) is 2.76. The molecule has 0 unspecified atom stereocenters. The van der Waals surface area contributed by atoms with Gasteiger partial charge in [-0.25, -0.2) is 9.97 Å². The van der Waals surface area contributed by atoms with Gasteiger partial charge in [0.15, 0.2) is 0 Å². The van der Waals surface area contributed by atoms with Gasteiger partial charge in [-0.1, -0.05) is 11.6 Å². The maximum atomic E-state index is 12.5. The number of pyridine rings is 1. The third-order valence-electron chi connectivity index (χ3n) is 6.09. The molecule has 3 aliphatic carbocycles. The van der Waals surface area contributed by atoms with Crippen molar-refractivity contribution in [1.82, 2.24) is 24.8 Å². The summed E-state index contributed by atoms with van der Waals surface area (Å²) in [5.74, 6) is -0.0346. The first-order valence-corrected chi connectivity index (χ1v) is 9.33. The van der Waals surface area contributed by atoms with Crippen LogP contribution in [0.25, 0.3) is 22.1 Å². The predicted molar refractivity (Wildman–Crippen MR) is 103 cm³/mol. The van der Waals surface area contributed by atoms with Gasteiger partial charge in [0.05, 0.1) is 23.6 Å². The van der Waals surface area contributed by atoms with E-state index in [1.165, 1.54) is 0 Å². The molecular weight excluding hydrogens is 362 g/mol. The third-order valence-corrected chi connectivity index (χ3v) is 6.34. The van der Waals surface area contributed by atoms with E-state index in [-0.39, 0.29) is 17.0 Å². The zero-order valence-electron chi connectivity index (χ0n) is 14.4. The number of aromatic amines is 1. The molecule has 0 radical (unpaired) electrons. The van der Waals surface area contributed by atoms with Crippen LogP contribution in [0.2, 0.25) is 5.02 Å². The van der Waals surface area contributed by atoms with E-state index < -0.39 is 0 Å². The summed E-state index contributed by atoms with van der Waals surface area (Å²) in [5.41, 5.74) is 3.50. The summed E-state index contributed by atoms with van der Waals surface area (Å²) >= 11 is 5.90. The van der Waals surface area contributed by atoms with Crippen molar-refractivity contribution in [1.29, 1.82) is 0 Å². The molecule has 1 aromatic carbocycles. The van der Waals surface area contributed by atoms with Crippen LogP contribution in [-0.2, 0) is 5.54 Å². The molecule has 27 heavy (non-hydrogen) atoms. The zero-order valence-corrected chi connectivity index (χ0v) is 15.1. The first-order chi connectivity index (χ1) is 13.1. The highest BCUT2D eigenvalue weighted by atomic mass is 35.5. The maximum Gasteiger partial charge on any atom is 0.251 e. The van der Waals surface area contributed by atoms with Gasteiger partial charge < -0.3 is 14.9 Å². The fraction of sp³-hybridized carbons (Fsp3) is 0.250. The Balaban J connectivity index is 1.27. The number of amides is 1. The number of nitrogens with one attached hydrogen (secondary N) is 2. The fourth-order valence-electron chi connectivity index (χ4n) is 4.90. The molecule has 3 saturated carbocycles. The minimum atomic E-state index is -0.0996. The van der Waals surface area contributed by atoms with Gasteiger partial charge in [0, 0.05) is 27.7 Å². The van der Waals surface area contributed by atoms with Crippen LogP contribution in [-0.4, -0.2) is 31.0 Å². The number of carbonyl (C=O) groups is 1. The van der Waals surface area contributed by atoms with E-state index in [0.717, 1.165) is 41.3 Å². The number of rotatable bonds is 3. The lowest BCUT2D eigenvalue weighted by atomic mass is 9.44. The lowest BCUT2D eigenvalue weighted by molar-refractivity contribution is -0.129. The fourth-order valence-corrected chi connectivity index (χ4v) is 5.03. The van der Waals surface area contributed by atoms with Crippen molar-refractivity contribution in [2.24, 2.45) is 0 Å². The molecule has 6 nitrogen and oxygen atoms in total. The van der Waals surface area contributed by atoms with E-state index in [1.54, 1.807) is 24.3 Å². The number of imidazole rings is 1. The molecule has 3 aliphatic rings. The summed E-state index contributed by atoms with van der Waals surface area (Å²) in [5, 5.41) is 4.95. The normalized spacial score (nSPS) is 26.0. The number of halogens is 1. The molecule has 3 heterocycles. The van der Waals surface area contributed by atoms with Crippen LogP contribution >= 0.6 is 11.6 Å². The average Bonchev–Trinajstić information content (AvgIpc) is 3.23. The van der Waals surface area contributed by atoms with E-state index >= 15 is 0 Å². The van der Waals surface area contributed by atoms with Crippen LogP contribution in [0.4, 0.5) is 0 Å². The third kappa shape index (κ3) is 1.99. The van der Waals surface area contributed by atoms with Crippen molar-refractivity contribution in [3.63, 3.8) is 0 Å². The van der Waals surface area contributed by atoms with E-state index in [4.69, 9.17) is 11.6 Å². The molecule has 3 aromatic heterocycles. The summed E-state index contributed by atoms with van der Waals surface area (Å²) in [6.45, 7) is 0. The van der Waals surface area contributed by atoms with Crippen molar-refractivity contribution in [2.45, 2.75) is 30.3 Å². The van der Waals surface area contributed by atoms with Gasteiger partial charge in [0.1, 0.15) is 11.2 Å². The molecule has 134 valence electrons. The summed E-state index contributed by atoms with van der Waals surface area (Å²) in [4.78, 5) is 24.7. The van der Waals surface area contributed by atoms with E-state index in [1.807, 2.05) is 24.8 Å². The summed E-state index contributed by atoms with van der Waals surface area (Å²) in [6.07, 6.45) is 8.43. The molecular formula is C20H16ClN5O. The smallest absolute Gasteiger partial charge is 0.251 e. The summed E-state index contributed by atoms with van der Waals surface area (Å²) < 4.78 is 2.29. The second-order valence-corrected chi connectivity index (χ2v) is 8.28. The van der Waals surface area contributed by atoms with Crippen LogP contribution in [0.3, 0.4) is 0 Å². The highest BCUT2D eigenvalue weighted by molar-refractivity contribution is 6.30. The number of nitrogens with zero attached hydrogens (tertiary/aromatic N) is 3. The number of benzene rings is 1. The van der Waals surface area contributed by atoms with Gasteiger partial charge in [0.25, 0.3) is 5.91 Å². The Morgan fingerprint density at radius 1 is 1.15 bits per heavy atom. The van der Waals surface area contributed by atoms with Gasteiger partial charge in [-0.3, -0.25) is 4.79 Å². The average molecular weight is 378 g/mol. The lowest BCUT2D eigenvalue weighted by Gasteiger charge is -2.70. The van der Waals surface area contributed by atoms with Crippen molar-refractivity contribution in [3.8, 4) is 0 Å². The molecule has 0 saturated heterocycles. The van der Waals surface area contributed by atoms with Gasteiger partial charge in [-0.05, 0) is 49.6 Å². The molecule has 7 heteroatoms. The number of aromatic nitrogens is 4. The van der Waals surface area contributed by atoms with Crippen molar-refractivity contribution < 1.29 is 4.79 Å². The molecule has 3 fully saturated rings. The maximum absolute atomic E-state index is 12.5. The minimum Gasteiger partial charge on any atom is -0.346 e. The number of H-pyrrole nitrogens is 1. The number of carbonyl (C=O) groups excluding carboxylic acids is 1. The van der Waals surface area contributed by atoms with Crippen LogP contribution in [0.1, 0.15) is 29.6 Å². The van der Waals surface area contributed by atoms with Crippen LogP contribution in [0, 0.1) is 0 Å². The lowest BCUT2D eigenvalue weighted by Crippen LogP contribution is -2.78. The van der Waals surface area contributed by atoms with Gasteiger partial charge in [0.2, 0.25) is 0 Å². The molecule has 7 rings (SSSR count). The molecule has 4 aromatic rings. The van der Waals surface area contributed by atoms with E-state index in [9.17, 15) is 4.79 Å². The van der Waals surface area contributed by atoms with Crippen molar-refractivity contribution in [3.05, 3.63) is 59.6 Å². The first-order valence-electron chi connectivity index (χ1n) is 8.95. The molecule has 0 spiro atoms. The highest BCUT2D eigenvalue weighted by Gasteiger charge is 2.70. The Hall–Kier alpha value is -2.86. The van der Waals surface area contributed by atoms with Gasteiger partial charge in [-0.2, -0.15) is 0 Å². The summed E-state index contributed by atoms with van der Waals surface area (Å²) in [7, 11) is 0. The Morgan fingerprint density at radius 2 is 1.93 bits per heavy atom. The first kappa shape index (κ1) is 15.2. The van der Waals surface area contributed by atoms with Crippen LogP contribution in [0.5, 0.6) is 0 Å². The quantitative estimate of drug-likeness (QED) is 0.572. The SMILES string of the molecule is O=C(NC12CC(n3cnc4cnc5[nH]ccc5c43)(C1)C2)c1ccc(Cl)cc1. The minimum absolute atomic E-state index is 0.0346. The number of fused-ring (bicyclic) bond motifs is 3. The van der Waals surface area contributed by atoms with E-state index in [0.29, 0.717) is 10.6 Å². The predicted octanol–water partition coefficient (Wildman–Crippen LogP) is 3.63. The zero-order chi connectivity index (χ0) is 18.2. The van der Waals surface area contributed by atoms with Gasteiger partial charge in [-0.15, -0.1) is 0 Å². The highest BCUT2D eigenvalue weighted by Crippen LogP contribution is 2.65. The van der Waals surface area contributed by atoms with Crippen molar-refractivity contribution in [2.75, 3.05) is 0 Å². The van der Waals surface area contributed by atoms with E-state index in [2.05, 4.69) is 24.8 Å². The molecule has 2 N–H and O–H groups in total. The molecule has 0 aliphatic heterocycles. The topological polar surface area (TPSA) is 75.6 Å². The largest absolute Gasteiger partial charge is 0.346 e. The molecule has 2 bridgehead atoms. The second-order valence-electron chi connectivity index (χ2n) is 7.84.